The number of hydrogen-bond acceptors (Lipinski definition) is 3. The van der Waals surface area contributed by atoms with Gasteiger partial charge < -0.3 is 4.48 Å². The van der Waals surface area contributed by atoms with E-state index < -0.39 is 10.1 Å². The molecule has 0 aromatic rings. The molecule has 6 heteroatoms. The molecule has 1 N–H and O–H groups in total. The molecule has 0 saturated carbocycles. The van der Waals surface area contributed by atoms with Crippen molar-refractivity contribution in [2.45, 2.75) is 57.8 Å². The minimum Gasteiger partial charge on any atom is -0.328 e. The van der Waals surface area contributed by atoms with Crippen LogP contribution in [0, 0.1) is 0 Å². The molecule has 0 bridgehead atoms. The highest BCUT2D eigenvalue weighted by molar-refractivity contribution is 7.85. The van der Waals surface area contributed by atoms with Gasteiger partial charge in [-0.25, -0.2) is 0 Å². The lowest BCUT2D eigenvalue weighted by Gasteiger charge is -2.29. The molecular formula is C15H34NO3S2+. The van der Waals surface area contributed by atoms with Crippen LogP contribution in [0.15, 0.2) is 0 Å². The highest BCUT2D eigenvalue weighted by atomic mass is 32.2. The van der Waals surface area contributed by atoms with E-state index in [1.165, 1.54) is 51.4 Å². The van der Waals surface area contributed by atoms with Crippen LogP contribution < -0.4 is 0 Å². The van der Waals surface area contributed by atoms with Gasteiger partial charge in [0.1, 0.15) is 5.75 Å². The molecule has 0 atom stereocenters. The molecule has 128 valence electrons. The summed E-state index contributed by atoms with van der Waals surface area (Å²) in [6, 6.07) is 0. The maximum atomic E-state index is 10.8. The number of rotatable bonds is 14. The highest BCUT2D eigenvalue weighted by Crippen LogP contribution is 2.11. The van der Waals surface area contributed by atoms with E-state index in [0.29, 0.717) is 11.0 Å². The van der Waals surface area contributed by atoms with Gasteiger partial charge in [0.25, 0.3) is 10.1 Å². The zero-order valence-corrected chi connectivity index (χ0v) is 15.5. The zero-order valence-electron chi connectivity index (χ0n) is 13.8. The summed E-state index contributed by atoms with van der Waals surface area (Å²) in [4.78, 5) is 0. The van der Waals surface area contributed by atoms with Crippen LogP contribution in [-0.4, -0.2) is 56.1 Å². The molecule has 0 amide bonds. The van der Waals surface area contributed by atoms with Gasteiger partial charge in [0.2, 0.25) is 0 Å². The second kappa shape index (κ2) is 11.7. The summed E-state index contributed by atoms with van der Waals surface area (Å²) in [6.45, 7) is 1.45. The van der Waals surface area contributed by atoms with Crippen LogP contribution >= 0.6 is 12.6 Å². The first-order chi connectivity index (χ1) is 9.77. The van der Waals surface area contributed by atoms with Crippen molar-refractivity contribution in [3.63, 3.8) is 0 Å². The molecular weight excluding hydrogens is 306 g/mol. The fourth-order valence-electron chi connectivity index (χ4n) is 2.36. The fraction of sp³-hybridized carbons (Fsp3) is 1.00. The van der Waals surface area contributed by atoms with Crippen molar-refractivity contribution in [1.29, 1.82) is 0 Å². The molecule has 0 aliphatic carbocycles. The number of thiol groups is 1. The Morgan fingerprint density at radius 1 is 0.810 bits per heavy atom. The Hall–Kier alpha value is 0.220. The standard InChI is InChI=1S/C15H33NO3S2/c1-16(2,13-15-21(17,18)19)12-10-8-6-4-3-5-7-9-11-14-20/h3-15H2,1-2H3,(H-,17,18,19,20)/p+1. The number of quaternary nitrogens is 1. The van der Waals surface area contributed by atoms with Gasteiger partial charge in [0.15, 0.2) is 0 Å². The second-order valence-electron chi connectivity index (χ2n) is 6.57. The summed E-state index contributed by atoms with van der Waals surface area (Å²) in [5, 5.41) is 0. The fourth-order valence-corrected chi connectivity index (χ4v) is 3.31. The van der Waals surface area contributed by atoms with E-state index in [9.17, 15) is 8.42 Å². The predicted octanol–water partition coefficient (Wildman–Crippen LogP) is 3.39. The molecule has 0 aliphatic rings. The van der Waals surface area contributed by atoms with E-state index in [4.69, 9.17) is 4.55 Å². The van der Waals surface area contributed by atoms with Crippen LogP contribution in [0.5, 0.6) is 0 Å². The monoisotopic (exact) mass is 340 g/mol. The van der Waals surface area contributed by atoms with Crippen LogP contribution in [0.1, 0.15) is 57.8 Å². The normalized spacial score (nSPS) is 12.8. The molecule has 0 aliphatic heterocycles. The van der Waals surface area contributed by atoms with Gasteiger partial charge in [-0.15, -0.1) is 0 Å². The molecule has 0 fully saturated rings. The van der Waals surface area contributed by atoms with E-state index in [-0.39, 0.29) is 5.75 Å². The Morgan fingerprint density at radius 2 is 1.24 bits per heavy atom. The molecule has 21 heavy (non-hydrogen) atoms. The van der Waals surface area contributed by atoms with E-state index in [1.54, 1.807) is 0 Å². The van der Waals surface area contributed by atoms with Crippen molar-refractivity contribution in [1.82, 2.24) is 0 Å². The molecule has 0 aromatic carbocycles. The lowest BCUT2D eigenvalue weighted by Crippen LogP contribution is -2.43. The Bertz CT molecular complexity index is 343. The molecule has 0 unspecified atom stereocenters. The van der Waals surface area contributed by atoms with Crippen molar-refractivity contribution in [3.8, 4) is 0 Å². The highest BCUT2D eigenvalue weighted by Gasteiger charge is 2.18. The minimum atomic E-state index is -3.83. The Morgan fingerprint density at radius 3 is 1.67 bits per heavy atom. The Balaban J connectivity index is 3.44. The molecule has 0 heterocycles. The lowest BCUT2D eigenvalue weighted by atomic mass is 10.1. The molecule has 0 rings (SSSR count). The van der Waals surface area contributed by atoms with Crippen molar-refractivity contribution in [3.05, 3.63) is 0 Å². The topological polar surface area (TPSA) is 54.4 Å². The van der Waals surface area contributed by atoms with Crippen LogP contribution in [0.25, 0.3) is 0 Å². The number of nitrogens with zero attached hydrogens (tertiary/aromatic N) is 1. The Labute approximate surface area is 137 Å². The number of unbranched alkanes of at least 4 members (excludes halogenated alkanes) is 8. The van der Waals surface area contributed by atoms with Crippen molar-refractivity contribution in [2.75, 3.05) is 38.7 Å². The molecule has 0 radical (unpaired) electrons. The third-order valence-electron chi connectivity index (χ3n) is 3.88. The van der Waals surface area contributed by atoms with Crippen molar-refractivity contribution < 1.29 is 17.5 Å². The van der Waals surface area contributed by atoms with Gasteiger partial charge >= 0.3 is 0 Å². The maximum absolute atomic E-state index is 10.8. The van der Waals surface area contributed by atoms with Gasteiger partial charge in [-0.2, -0.15) is 21.0 Å². The van der Waals surface area contributed by atoms with Crippen LogP contribution in [0.3, 0.4) is 0 Å². The minimum absolute atomic E-state index is 0.147. The third-order valence-corrected chi connectivity index (χ3v) is 4.89. The third kappa shape index (κ3) is 16.4. The predicted molar refractivity (Wildman–Crippen MR) is 93.7 cm³/mol. The molecule has 0 saturated heterocycles. The first-order valence-corrected chi connectivity index (χ1v) is 10.4. The van der Waals surface area contributed by atoms with Gasteiger partial charge in [-0.3, -0.25) is 4.55 Å². The zero-order chi connectivity index (χ0) is 16.2. The van der Waals surface area contributed by atoms with Crippen LogP contribution in [0.2, 0.25) is 0 Å². The largest absolute Gasteiger partial charge is 0.328 e. The van der Waals surface area contributed by atoms with Crippen molar-refractivity contribution >= 4 is 22.7 Å². The van der Waals surface area contributed by atoms with Gasteiger partial charge in [0.05, 0.1) is 27.2 Å². The van der Waals surface area contributed by atoms with Crippen LogP contribution in [-0.2, 0) is 10.1 Å². The van der Waals surface area contributed by atoms with Crippen LogP contribution in [0.4, 0.5) is 0 Å². The molecule has 0 spiro atoms. The lowest BCUT2D eigenvalue weighted by molar-refractivity contribution is -0.888. The maximum Gasteiger partial charge on any atom is 0.270 e. The summed E-state index contributed by atoms with van der Waals surface area (Å²) in [6.07, 6.45) is 11.5. The summed E-state index contributed by atoms with van der Waals surface area (Å²) in [5.74, 6) is 0.859. The number of hydrogen-bond donors (Lipinski definition) is 2. The summed E-state index contributed by atoms with van der Waals surface area (Å²) >= 11 is 4.21. The Kier molecular flexibility index (Phi) is 11.9. The smallest absolute Gasteiger partial charge is 0.270 e. The molecule has 4 nitrogen and oxygen atoms in total. The average Bonchev–Trinajstić information content (AvgIpc) is 2.38. The van der Waals surface area contributed by atoms with E-state index >= 15 is 0 Å². The van der Waals surface area contributed by atoms with Gasteiger partial charge in [0, 0.05) is 0 Å². The van der Waals surface area contributed by atoms with E-state index in [1.807, 2.05) is 14.1 Å². The SMILES string of the molecule is C[N+](C)(CCCCCCCCCCCS)CCS(=O)(=O)O. The summed E-state index contributed by atoms with van der Waals surface area (Å²) in [5.41, 5.74) is 0. The quantitative estimate of drug-likeness (QED) is 0.221. The average molecular weight is 341 g/mol. The summed E-state index contributed by atoms with van der Waals surface area (Å²) in [7, 11) is 0.211. The van der Waals surface area contributed by atoms with E-state index in [2.05, 4.69) is 12.6 Å². The van der Waals surface area contributed by atoms with Gasteiger partial charge in [-0.05, 0) is 25.0 Å². The first kappa shape index (κ1) is 21.2. The first-order valence-electron chi connectivity index (χ1n) is 8.15. The molecule has 0 aromatic heterocycles. The second-order valence-corrected chi connectivity index (χ2v) is 8.59. The van der Waals surface area contributed by atoms with E-state index in [0.717, 1.165) is 18.7 Å². The van der Waals surface area contributed by atoms with Crippen molar-refractivity contribution in [2.24, 2.45) is 0 Å². The summed E-state index contributed by atoms with van der Waals surface area (Å²) < 4.78 is 31.0. The van der Waals surface area contributed by atoms with Gasteiger partial charge in [-0.1, -0.05) is 38.5 Å².